The van der Waals surface area contributed by atoms with Gasteiger partial charge in [0, 0.05) is 4.47 Å². The molecule has 0 atom stereocenters. The number of hydrogen-bond donors (Lipinski definition) is 1. The number of ether oxygens (including phenoxy) is 1. The van der Waals surface area contributed by atoms with Crippen LogP contribution in [0.2, 0.25) is 0 Å². The standard InChI is InChI=1S/C24H22BrN3O4S/c1-2-14-32-22-11-6-8-19(15-22)17-26-27-24(29)18-28(21-10-7-9-20(25)16-21)33(30,31)23-12-4-3-5-13-23/h2-13,15-17H,1,14,18H2,(H,27,29)/b26-17-. The average molecular weight is 528 g/mol. The summed E-state index contributed by atoms with van der Waals surface area (Å²) in [6.07, 6.45) is 3.09. The van der Waals surface area contributed by atoms with Gasteiger partial charge in [0.05, 0.1) is 16.8 Å². The number of nitrogens with one attached hydrogen (secondary N) is 1. The van der Waals surface area contributed by atoms with Crippen LogP contribution in [0.4, 0.5) is 5.69 Å². The van der Waals surface area contributed by atoms with Gasteiger partial charge in [0.2, 0.25) is 0 Å². The molecular weight excluding hydrogens is 506 g/mol. The van der Waals surface area contributed by atoms with E-state index in [-0.39, 0.29) is 4.90 Å². The molecule has 9 heteroatoms. The van der Waals surface area contributed by atoms with E-state index in [9.17, 15) is 13.2 Å². The van der Waals surface area contributed by atoms with Crippen LogP contribution in [-0.2, 0) is 14.8 Å². The van der Waals surface area contributed by atoms with Crippen LogP contribution < -0.4 is 14.5 Å². The molecule has 0 saturated heterocycles. The number of sulfonamides is 1. The lowest BCUT2D eigenvalue weighted by atomic mass is 10.2. The van der Waals surface area contributed by atoms with E-state index in [1.807, 2.05) is 0 Å². The minimum absolute atomic E-state index is 0.0811. The summed E-state index contributed by atoms with van der Waals surface area (Å²) in [5, 5.41) is 3.95. The fraction of sp³-hybridized carbons (Fsp3) is 0.0833. The van der Waals surface area contributed by atoms with Crippen molar-refractivity contribution in [1.29, 1.82) is 0 Å². The van der Waals surface area contributed by atoms with E-state index in [0.717, 1.165) is 4.31 Å². The maximum Gasteiger partial charge on any atom is 0.264 e. The van der Waals surface area contributed by atoms with E-state index < -0.39 is 22.5 Å². The molecule has 0 aliphatic carbocycles. The first-order chi connectivity index (χ1) is 15.9. The number of carbonyl (C=O) groups excluding carboxylic acids is 1. The van der Waals surface area contributed by atoms with Crippen molar-refractivity contribution in [2.24, 2.45) is 5.10 Å². The van der Waals surface area contributed by atoms with Crippen molar-refractivity contribution in [3.63, 3.8) is 0 Å². The van der Waals surface area contributed by atoms with Crippen LogP contribution in [0.1, 0.15) is 5.56 Å². The molecule has 1 N–H and O–H groups in total. The average Bonchev–Trinajstić information content (AvgIpc) is 2.82. The highest BCUT2D eigenvalue weighted by Gasteiger charge is 2.27. The molecule has 170 valence electrons. The predicted octanol–water partition coefficient (Wildman–Crippen LogP) is 4.36. The van der Waals surface area contributed by atoms with Gasteiger partial charge in [-0.25, -0.2) is 13.8 Å². The minimum atomic E-state index is -3.98. The van der Waals surface area contributed by atoms with Crippen molar-refractivity contribution in [3.05, 3.63) is 102 Å². The summed E-state index contributed by atoms with van der Waals surface area (Å²) in [4.78, 5) is 12.7. The van der Waals surface area contributed by atoms with Gasteiger partial charge >= 0.3 is 0 Å². The van der Waals surface area contributed by atoms with Crippen molar-refractivity contribution >= 4 is 43.8 Å². The summed E-state index contributed by atoms with van der Waals surface area (Å²) in [6, 6.07) is 21.8. The number of rotatable bonds is 10. The van der Waals surface area contributed by atoms with Crippen LogP contribution in [0.5, 0.6) is 5.75 Å². The first-order valence-electron chi connectivity index (χ1n) is 9.89. The first-order valence-corrected chi connectivity index (χ1v) is 12.1. The van der Waals surface area contributed by atoms with E-state index in [1.54, 1.807) is 72.8 Å². The normalized spacial score (nSPS) is 11.2. The zero-order valence-electron chi connectivity index (χ0n) is 17.6. The second-order valence-corrected chi connectivity index (χ2v) is 9.55. The van der Waals surface area contributed by atoms with E-state index in [1.165, 1.54) is 18.3 Å². The number of amides is 1. The third-order valence-corrected chi connectivity index (χ3v) is 6.62. The van der Waals surface area contributed by atoms with Crippen LogP contribution in [0.15, 0.2) is 106 Å². The summed E-state index contributed by atoms with van der Waals surface area (Å²) in [6.45, 7) is 3.53. The number of nitrogens with zero attached hydrogens (tertiary/aromatic N) is 2. The number of carbonyl (C=O) groups is 1. The lowest BCUT2D eigenvalue weighted by molar-refractivity contribution is -0.119. The van der Waals surface area contributed by atoms with E-state index in [2.05, 4.69) is 33.0 Å². The summed E-state index contributed by atoms with van der Waals surface area (Å²) in [5.74, 6) is 0.0461. The van der Waals surface area contributed by atoms with Gasteiger partial charge in [0.1, 0.15) is 18.9 Å². The lowest BCUT2D eigenvalue weighted by Gasteiger charge is -2.23. The van der Waals surface area contributed by atoms with Crippen molar-refractivity contribution in [3.8, 4) is 5.75 Å². The van der Waals surface area contributed by atoms with Gasteiger partial charge in [-0.2, -0.15) is 5.10 Å². The zero-order valence-corrected chi connectivity index (χ0v) is 20.0. The van der Waals surface area contributed by atoms with Crippen LogP contribution in [-0.4, -0.2) is 33.7 Å². The van der Waals surface area contributed by atoms with Crippen LogP contribution >= 0.6 is 15.9 Å². The summed E-state index contributed by atoms with van der Waals surface area (Å²) in [7, 11) is -3.98. The first kappa shape index (κ1) is 24.2. The molecule has 3 aromatic carbocycles. The Kier molecular flexibility index (Phi) is 8.39. The lowest BCUT2D eigenvalue weighted by Crippen LogP contribution is -2.39. The smallest absolute Gasteiger partial charge is 0.264 e. The highest BCUT2D eigenvalue weighted by molar-refractivity contribution is 9.10. The molecule has 3 aromatic rings. The predicted molar refractivity (Wildman–Crippen MR) is 133 cm³/mol. The van der Waals surface area contributed by atoms with Crippen LogP contribution in [0.3, 0.4) is 0 Å². The van der Waals surface area contributed by atoms with Gasteiger partial charge in [-0.1, -0.05) is 65.0 Å². The third-order valence-electron chi connectivity index (χ3n) is 4.34. The zero-order chi connectivity index (χ0) is 23.7. The molecular formula is C24H22BrN3O4S. The summed E-state index contributed by atoms with van der Waals surface area (Å²) in [5.41, 5.74) is 3.44. The maximum atomic E-state index is 13.3. The second kappa shape index (κ2) is 11.4. The molecule has 0 saturated carbocycles. The number of anilines is 1. The Hall–Kier alpha value is -3.43. The van der Waals surface area contributed by atoms with Crippen LogP contribution in [0.25, 0.3) is 0 Å². The molecule has 0 bridgehead atoms. The van der Waals surface area contributed by atoms with Gasteiger partial charge in [0.15, 0.2) is 0 Å². The molecule has 7 nitrogen and oxygen atoms in total. The SMILES string of the molecule is C=CCOc1cccc(/C=N\NC(=O)CN(c2cccc(Br)c2)S(=O)(=O)c2ccccc2)c1. The van der Waals surface area contributed by atoms with E-state index in [4.69, 9.17) is 4.74 Å². The number of hydrazone groups is 1. The van der Waals surface area contributed by atoms with Gasteiger partial charge in [-0.3, -0.25) is 9.10 Å². The number of benzene rings is 3. The molecule has 0 aliphatic rings. The Balaban J connectivity index is 1.77. The van der Waals surface area contributed by atoms with Crippen molar-refractivity contribution in [1.82, 2.24) is 5.43 Å². The molecule has 1 amide bonds. The van der Waals surface area contributed by atoms with Gasteiger partial charge < -0.3 is 4.74 Å². The minimum Gasteiger partial charge on any atom is -0.490 e. The molecule has 0 aromatic heterocycles. The monoisotopic (exact) mass is 527 g/mol. The number of halogens is 1. The second-order valence-electron chi connectivity index (χ2n) is 6.77. The van der Waals surface area contributed by atoms with E-state index in [0.29, 0.717) is 28.1 Å². The maximum absolute atomic E-state index is 13.3. The van der Waals surface area contributed by atoms with Gasteiger partial charge in [-0.05, 0) is 48.0 Å². The Morgan fingerprint density at radius 1 is 1.06 bits per heavy atom. The van der Waals surface area contributed by atoms with Gasteiger partial charge in [-0.15, -0.1) is 0 Å². The van der Waals surface area contributed by atoms with Crippen molar-refractivity contribution in [2.45, 2.75) is 4.90 Å². The highest BCUT2D eigenvalue weighted by Crippen LogP contribution is 2.26. The Bertz CT molecular complexity index is 1250. The van der Waals surface area contributed by atoms with Crippen molar-refractivity contribution < 1.29 is 17.9 Å². The van der Waals surface area contributed by atoms with Gasteiger partial charge in [0.25, 0.3) is 15.9 Å². The Morgan fingerprint density at radius 3 is 2.55 bits per heavy atom. The fourth-order valence-electron chi connectivity index (χ4n) is 2.85. The Labute approximate surface area is 201 Å². The molecule has 0 unspecified atom stereocenters. The quantitative estimate of drug-likeness (QED) is 0.241. The molecule has 0 radical (unpaired) electrons. The van der Waals surface area contributed by atoms with Crippen LogP contribution in [0, 0.1) is 0 Å². The third kappa shape index (κ3) is 6.77. The molecule has 33 heavy (non-hydrogen) atoms. The fourth-order valence-corrected chi connectivity index (χ4v) is 4.67. The van der Waals surface area contributed by atoms with Crippen molar-refractivity contribution in [2.75, 3.05) is 17.5 Å². The molecule has 3 rings (SSSR count). The molecule has 0 heterocycles. The molecule has 0 spiro atoms. The Morgan fingerprint density at radius 2 is 1.82 bits per heavy atom. The summed E-state index contributed by atoms with van der Waals surface area (Å²) >= 11 is 3.35. The summed E-state index contributed by atoms with van der Waals surface area (Å²) < 4.78 is 33.7. The largest absolute Gasteiger partial charge is 0.490 e. The topological polar surface area (TPSA) is 88.1 Å². The molecule has 0 fully saturated rings. The highest BCUT2D eigenvalue weighted by atomic mass is 79.9. The molecule has 0 aliphatic heterocycles. The van der Waals surface area contributed by atoms with E-state index >= 15 is 0 Å². The number of hydrogen-bond acceptors (Lipinski definition) is 5.